The fourth-order valence-electron chi connectivity index (χ4n) is 2.23. The molecule has 0 radical (unpaired) electrons. The molecule has 0 aliphatic rings. The Bertz CT molecular complexity index is 747. The van der Waals surface area contributed by atoms with E-state index in [1.54, 1.807) is 11.3 Å². The number of hydrogen-bond donors (Lipinski definition) is 1. The standard InChI is InChI=1S/C16H16N2O2S/c1-11-18-14-9-12(4-5-15(14)20-11)10-16(19)17-7-6-13-3-2-8-21-13/h2-5,8-9H,6-7,10H2,1H3,(H,17,19). The first-order chi connectivity index (χ1) is 10.2. The molecule has 108 valence electrons. The Balaban J connectivity index is 1.55. The number of oxazole rings is 1. The minimum atomic E-state index is 0.0334. The van der Waals surface area contributed by atoms with Gasteiger partial charge in [-0.15, -0.1) is 11.3 Å². The molecule has 4 nitrogen and oxygen atoms in total. The van der Waals surface area contributed by atoms with E-state index in [1.165, 1.54) is 4.88 Å². The van der Waals surface area contributed by atoms with Crippen LogP contribution in [0.4, 0.5) is 0 Å². The van der Waals surface area contributed by atoms with E-state index in [0.29, 0.717) is 18.9 Å². The lowest BCUT2D eigenvalue weighted by atomic mass is 10.1. The van der Waals surface area contributed by atoms with Crippen molar-refractivity contribution in [2.45, 2.75) is 19.8 Å². The Labute approximate surface area is 126 Å². The van der Waals surface area contributed by atoms with Crippen LogP contribution in [-0.4, -0.2) is 17.4 Å². The van der Waals surface area contributed by atoms with E-state index in [4.69, 9.17) is 4.42 Å². The highest BCUT2D eigenvalue weighted by Gasteiger charge is 2.07. The first-order valence-corrected chi connectivity index (χ1v) is 7.74. The zero-order valence-corrected chi connectivity index (χ0v) is 12.6. The second kappa shape index (κ2) is 6.10. The van der Waals surface area contributed by atoms with Crippen LogP contribution in [-0.2, 0) is 17.6 Å². The lowest BCUT2D eigenvalue weighted by molar-refractivity contribution is -0.120. The van der Waals surface area contributed by atoms with Gasteiger partial charge >= 0.3 is 0 Å². The van der Waals surface area contributed by atoms with Gasteiger partial charge < -0.3 is 9.73 Å². The molecule has 5 heteroatoms. The normalized spacial score (nSPS) is 10.9. The van der Waals surface area contributed by atoms with E-state index in [0.717, 1.165) is 23.1 Å². The topological polar surface area (TPSA) is 55.1 Å². The molecule has 1 N–H and O–H groups in total. The Hall–Kier alpha value is -2.14. The highest BCUT2D eigenvalue weighted by Crippen LogP contribution is 2.17. The van der Waals surface area contributed by atoms with Crippen LogP contribution in [0.25, 0.3) is 11.1 Å². The molecule has 21 heavy (non-hydrogen) atoms. The van der Waals surface area contributed by atoms with Crippen molar-refractivity contribution < 1.29 is 9.21 Å². The summed E-state index contributed by atoms with van der Waals surface area (Å²) in [5.41, 5.74) is 2.51. The summed E-state index contributed by atoms with van der Waals surface area (Å²) in [6, 6.07) is 9.79. The Morgan fingerprint density at radius 3 is 3.10 bits per heavy atom. The van der Waals surface area contributed by atoms with Gasteiger partial charge in [-0.25, -0.2) is 4.98 Å². The van der Waals surface area contributed by atoms with Gasteiger partial charge in [-0.05, 0) is 35.6 Å². The lowest BCUT2D eigenvalue weighted by Gasteiger charge is -2.04. The predicted octanol–water partition coefficient (Wildman–Crippen LogP) is 3.10. The quantitative estimate of drug-likeness (QED) is 0.787. The number of aromatic nitrogens is 1. The SMILES string of the molecule is Cc1nc2cc(CC(=O)NCCc3cccs3)ccc2o1. The third kappa shape index (κ3) is 3.49. The number of benzene rings is 1. The number of carbonyl (C=O) groups is 1. The maximum Gasteiger partial charge on any atom is 0.224 e. The maximum atomic E-state index is 11.9. The van der Waals surface area contributed by atoms with E-state index < -0.39 is 0 Å². The summed E-state index contributed by atoms with van der Waals surface area (Å²) in [6.45, 7) is 2.49. The largest absolute Gasteiger partial charge is 0.441 e. The van der Waals surface area contributed by atoms with Crippen molar-refractivity contribution in [3.63, 3.8) is 0 Å². The van der Waals surface area contributed by atoms with Gasteiger partial charge in [0.05, 0.1) is 6.42 Å². The molecule has 0 spiro atoms. The van der Waals surface area contributed by atoms with Crippen LogP contribution in [0.2, 0.25) is 0 Å². The number of thiophene rings is 1. The molecule has 0 atom stereocenters. The molecular weight excluding hydrogens is 284 g/mol. The molecule has 0 saturated heterocycles. The zero-order chi connectivity index (χ0) is 14.7. The van der Waals surface area contributed by atoms with Gasteiger partial charge in [-0.2, -0.15) is 0 Å². The number of fused-ring (bicyclic) bond motifs is 1. The summed E-state index contributed by atoms with van der Waals surface area (Å²) >= 11 is 1.71. The first kappa shape index (κ1) is 13.8. The summed E-state index contributed by atoms with van der Waals surface area (Å²) in [7, 11) is 0. The highest BCUT2D eigenvalue weighted by molar-refractivity contribution is 7.09. The predicted molar refractivity (Wildman–Crippen MR) is 83.5 cm³/mol. The molecule has 1 aromatic carbocycles. The maximum absolute atomic E-state index is 11.9. The molecule has 3 rings (SSSR count). The summed E-state index contributed by atoms with van der Waals surface area (Å²) in [4.78, 5) is 17.5. The van der Waals surface area contributed by atoms with Gasteiger partial charge in [0.2, 0.25) is 5.91 Å². The monoisotopic (exact) mass is 300 g/mol. The molecule has 0 aliphatic carbocycles. The van der Waals surface area contributed by atoms with E-state index in [2.05, 4.69) is 16.4 Å². The van der Waals surface area contributed by atoms with Gasteiger partial charge in [0.1, 0.15) is 5.52 Å². The van der Waals surface area contributed by atoms with Crippen molar-refractivity contribution >= 4 is 28.3 Å². The van der Waals surface area contributed by atoms with Crippen LogP contribution in [0.3, 0.4) is 0 Å². The van der Waals surface area contributed by atoms with Gasteiger partial charge in [-0.1, -0.05) is 12.1 Å². The average Bonchev–Trinajstić information content (AvgIpc) is 3.06. The molecule has 0 saturated carbocycles. The number of rotatable bonds is 5. The molecule has 0 fully saturated rings. The van der Waals surface area contributed by atoms with E-state index >= 15 is 0 Å². The number of carbonyl (C=O) groups excluding carboxylic acids is 1. The van der Waals surface area contributed by atoms with E-state index in [-0.39, 0.29) is 5.91 Å². The minimum absolute atomic E-state index is 0.0334. The lowest BCUT2D eigenvalue weighted by Crippen LogP contribution is -2.27. The number of nitrogens with one attached hydrogen (secondary N) is 1. The van der Waals surface area contributed by atoms with Gasteiger partial charge in [-0.3, -0.25) is 4.79 Å². The zero-order valence-electron chi connectivity index (χ0n) is 11.8. The van der Waals surface area contributed by atoms with Gasteiger partial charge in [0, 0.05) is 18.3 Å². The van der Waals surface area contributed by atoms with Crippen LogP contribution in [0, 0.1) is 6.92 Å². The van der Waals surface area contributed by atoms with Crippen molar-refractivity contribution in [2.24, 2.45) is 0 Å². The molecular formula is C16H16N2O2S. The van der Waals surface area contributed by atoms with Crippen molar-refractivity contribution in [3.8, 4) is 0 Å². The molecule has 0 aliphatic heterocycles. The van der Waals surface area contributed by atoms with Crippen LogP contribution in [0.15, 0.2) is 40.1 Å². The van der Waals surface area contributed by atoms with Crippen molar-refractivity contribution in [1.82, 2.24) is 10.3 Å². The number of amides is 1. The van der Waals surface area contributed by atoms with E-state index in [9.17, 15) is 4.79 Å². The van der Waals surface area contributed by atoms with Crippen molar-refractivity contribution in [3.05, 3.63) is 52.0 Å². The molecule has 2 aromatic heterocycles. The van der Waals surface area contributed by atoms with Crippen LogP contribution in [0.5, 0.6) is 0 Å². The number of aryl methyl sites for hydroxylation is 1. The summed E-state index contributed by atoms with van der Waals surface area (Å²) in [6.07, 6.45) is 1.25. The van der Waals surface area contributed by atoms with Gasteiger partial charge in [0.15, 0.2) is 11.5 Å². The Kier molecular flexibility index (Phi) is 4.01. The fraction of sp³-hybridized carbons (Fsp3) is 0.250. The highest BCUT2D eigenvalue weighted by atomic mass is 32.1. The molecule has 0 unspecified atom stereocenters. The van der Waals surface area contributed by atoms with Crippen LogP contribution >= 0.6 is 11.3 Å². The number of nitrogens with zero attached hydrogens (tertiary/aromatic N) is 1. The van der Waals surface area contributed by atoms with Crippen molar-refractivity contribution in [2.75, 3.05) is 6.54 Å². The summed E-state index contributed by atoms with van der Waals surface area (Å²) in [5, 5.41) is 4.99. The average molecular weight is 300 g/mol. The smallest absolute Gasteiger partial charge is 0.224 e. The molecule has 3 aromatic rings. The first-order valence-electron chi connectivity index (χ1n) is 6.86. The second-order valence-corrected chi connectivity index (χ2v) is 5.92. The summed E-state index contributed by atoms with van der Waals surface area (Å²) < 4.78 is 5.42. The van der Waals surface area contributed by atoms with Crippen LogP contribution < -0.4 is 5.32 Å². The second-order valence-electron chi connectivity index (χ2n) is 4.89. The van der Waals surface area contributed by atoms with E-state index in [1.807, 2.05) is 36.6 Å². The fourth-order valence-corrected chi connectivity index (χ4v) is 2.93. The summed E-state index contributed by atoms with van der Waals surface area (Å²) in [5.74, 6) is 0.675. The van der Waals surface area contributed by atoms with Gasteiger partial charge in [0.25, 0.3) is 0 Å². The Morgan fingerprint density at radius 2 is 2.29 bits per heavy atom. The van der Waals surface area contributed by atoms with Crippen LogP contribution in [0.1, 0.15) is 16.3 Å². The minimum Gasteiger partial charge on any atom is -0.441 e. The molecule has 0 bridgehead atoms. The molecule has 2 heterocycles. The third-order valence-electron chi connectivity index (χ3n) is 3.20. The molecule has 1 amide bonds. The Morgan fingerprint density at radius 1 is 1.38 bits per heavy atom. The van der Waals surface area contributed by atoms with Crippen molar-refractivity contribution in [1.29, 1.82) is 0 Å². The third-order valence-corrected chi connectivity index (χ3v) is 4.13. The number of hydrogen-bond acceptors (Lipinski definition) is 4.